The number of hydrogen-bond donors (Lipinski definition) is 1. The van der Waals surface area contributed by atoms with Crippen LogP contribution in [0.1, 0.15) is 5.56 Å². The fourth-order valence-corrected chi connectivity index (χ4v) is 2.26. The largest absolute Gasteiger partial charge is 0.404 e. The lowest BCUT2D eigenvalue weighted by atomic mass is 10.1. The number of halogens is 1. The lowest BCUT2D eigenvalue weighted by Crippen LogP contribution is -1.99. The zero-order valence-electron chi connectivity index (χ0n) is 12.3. The van der Waals surface area contributed by atoms with Gasteiger partial charge in [-0.05, 0) is 18.2 Å². The zero-order chi connectivity index (χ0) is 16.1. The molecule has 0 spiro atoms. The molecule has 2 N–H and O–H groups in total. The number of imidazole rings is 1. The molecule has 0 amide bonds. The molecule has 0 unspecified atom stereocenters. The summed E-state index contributed by atoms with van der Waals surface area (Å²) in [7, 11) is 0. The highest BCUT2D eigenvalue weighted by molar-refractivity contribution is 6.29. The summed E-state index contributed by atoms with van der Waals surface area (Å²) in [5.74, 6) is 0. The Morgan fingerprint density at radius 2 is 2.26 bits per heavy atom. The maximum absolute atomic E-state index is 5.92. The second kappa shape index (κ2) is 7.02. The first kappa shape index (κ1) is 15.2. The topological polar surface area (TPSA) is 82.0 Å². The summed E-state index contributed by atoms with van der Waals surface area (Å²) in [6, 6.07) is 5.45. The van der Waals surface area contributed by atoms with Crippen LogP contribution in [0.2, 0.25) is 5.15 Å². The van der Waals surface area contributed by atoms with E-state index >= 15 is 0 Å². The minimum Gasteiger partial charge on any atom is -0.404 e. The fraction of sp³-hybridized carbons (Fsp3) is 0.125. The molecule has 0 fully saturated rings. The standard InChI is InChI=1S/C16H15ClN6/c17-16-2-1-14-15(22-16)7-12(10-21-14)13(8-18)9-19-3-5-23-6-4-20-11-23/h1-2,4,6-11H,3,5,18H2. The summed E-state index contributed by atoms with van der Waals surface area (Å²) < 4.78 is 1.96. The van der Waals surface area contributed by atoms with E-state index in [9.17, 15) is 0 Å². The summed E-state index contributed by atoms with van der Waals surface area (Å²) in [6.07, 6.45) is 10.4. The van der Waals surface area contributed by atoms with Crippen LogP contribution in [0.15, 0.2) is 54.3 Å². The maximum atomic E-state index is 5.92. The zero-order valence-corrected chi connectivity index (χ0v) is 13.1. The number of rotatable bonds is 5. The van der Waals surface area contributed by atoms with Gasteiger partial charge in [-0.1, -0.05) is 11.6 Å². The third-order valence-electron chi connectivity index (χ3n) is 3.29. The van der Waals surface area contributed by atoms with Crippen molar-refractivity contribution in [1.29, 1.82) is 0 Å². The minimum absolute atomic E-state index is 0.434. The number of pyridine rings is 2. The molecule has 0 atom stereocenters. The summed E-state index contributed by atoms with van der Waals surface area (Å²) in [5.41, 5.74) is 8.85. The minimum atomic E-state index is 0.434. The highest BCUT2D eigenvalue weighted by Crippen LogP contribution is 2.18. The molecular weight excluding hydrogens is 312 g/mol. The van der Waals surface area contributed by atoms with E-state index < -0.39 is 0 Å². The van der Waals surface area contributed by atoms with Gasteiger partial charge in [0.15, 0.2) is 0 Å². The second-order valence-electron chi connectivity index (χ2n) is 4.85. The van der Waals surface area contributed by atoms with Gasteiger partial charge >= 0.3 is 0 Å². The van der Waals surface area contributed by atoms with E-state index in [0.717, 1.165) is 28.7 Å². The van der Waals surface area contributed by atoms with Crippen LogP contribution in [0.25, 0.3) is 16.6 Å². The number of allylic oxidation sites excluding steroid dienone is 1. The normalized spacial score (nSPS) is 12.3. The molecule has 0 aliphatic heterocycles. The van der Waals surface area contributed by atoms with Crippen LogP contribution in [0, 0.1) is 0 Å². The molecular formula is C16H15ClN6. The molecule has 7 heteroatoms. The second-order valence-corrected chi connectivity index (χ2v) is 5.24. The van der Waals surface area contributed by atoms with Crippen LogP contribution >= 0.6 is 11.6 Å². The van der Waals surface area contributed by atoms with Crippen LogP contribution < -0.4 is 5.73 Å². The third kappa shape index (κ3) is 3.73. The Bertz CT molecular complexity index is 854. The molecule has 3 aromatic heterocycles. The first-order chi connectivity index (χ1) is 11.3. The van der Waals surface area contributed by atoms with Gasteiger partial charge in [0.1, 0.15) is 5.15 Å². The molecule has 3 aromatic rings. The quantitative estimate of drug-likeness (QED) is 0.577. The molecule has 0 saturated carbocycles. The van der Waals surface area contributed by atoms with Gasteiger partial charge in [0.25, 0.3) is 0 Å². The van der Waals surface area contributed by atoms with Crippen molar-refractivity contribution in [3.8, 4) is 0 Å². The molecule has 3 heterocycles. The van der Waals surface area contributed by atoms with Crippen molar-refractivity contribution < 1.29 is 0 Å². The van der Waals surface area contributed by atoms with Crippen LogP contribution in [-0.2, 0) is 6.54 Å². The summed E-state index contributed by atoms with van der Waals surface area (Å²) in [4.78, 5) is 17.0. The monoisotopic (exact) mass is 326 g/mol. The Hall–Kier alpha value is -2.73. The fourth-order valence-electron chi connectivity index (χ4n) is 2.11. The Kier molecular flexibility index (Phi) is 4.63. The van der Waals surface area contributed by atoms with Crippen LogP contribution in [-0.4, -0.2) is 32.3 Å². The number of aliphatic imine (C=N–C) groups is 1. The summed E-state index contributed by atoms with van der Waals surface area (Å²) in [5, 5.41) is 0.434. The summed E-state index contributed by atoms with van der Waals surface area (Å²) in [6.45, 7) is 1.40. The van der Waals surface area contributed by atoms with Gasteiger partial charge < -0.3 is 10.3 Å². The van der Waals surface area contributed by atoms with E-state index in [1.165, 1.54) is 6.20 Å². The molecule has 116 valence electrons. The van der Waals surface area contributed by atoms with Crippen molar-refractivity contribution in [2.75, 3.05) is 6.54 Å². The first-order valence-electron chi connectivity index (χ1n) is 7.06. The Morgan fingerprint density at radius 1 is 1.35 bits per heavy atom. The molecule has 0 saturated heterocycles. The SMILES string of the molecule is NC=C(C=NCCn1ccnc1)c1cnc2ccc(Cl)nc2c1. The number of nitrogens with two attached hydrogens (primary N) is 1. The Morgan fingerprint density at radius 3 is 3.04 bits per heavy atom. The summed E-state index contributed by atoms with van der Waals surface area (Å²) >= 11 is 5.92. The average molecular weight is 327 g/mol. The van der Waals surface area contributed by atoms with E-state index in [0.29, 0.717) is 11.7 Å². The van der Waals surface area contributed by atoms with Crippen molar-refractivity contribution in [2.45, 2.75) is 6.54 Å². The van der Waals surface area contributed by atoms with E-state index in [2.05, 4.69) is 19.9 Å². The van der Waals surface area contributed by atoms with Gasteiger partial charge in [-0.15, -0.1) is 0 Å². The highest BCUT2D eigenvalue weighted by atomic mass is 35.5. The number of aromatic nitrogens is 4. The van der Waals surface area contributed by atoms with Crippen molar-refractivity contribution in [3.05, 3.63) is 60.0 Å². The molecule has 0 aromatic carbocycles. The Labute approximate surface area is 138 Å². The molecule has 0 radical (unpaired) electrons. The lowest BCUT2D eigenvalue weighted by molar-refractivity contribution is 0.710. The average Bonchev–Trinajstić information content (AvgIpc) is 3.07. The van der Waals surface area contributed by atoms with Gasteiger partial charge in [0.2, 0.25) is 0 Å². The van der Waals surface area contributed by atoms with Gasteiger partial charge in [0, 0.05) is 48.7 Å². The van der Waals surface area contributed by atoms with E-state index in [-0.39, 0.29) is 0 Å². The molecule has 0 aliphatic carbocycles. The van der Waals surface area contributed by atoms with Crippen molar-refractivity contribution in [3.63, 3.8) is 0 Å². The van der Waals surface area contributed by atoms with Crippen LogP contribution in [0.5, 0.6) is 0 Å². The molecule has 3 rings (SSSR count). The van der Waals surface area contributed by atoms with E-state index in [1.807, 2.05) is 22.9 Å². The smallest absolute Gasteiger partial charge is 0.129 e. The highest BCUT2D eigenvalue weighted by Gasteiger charge is 2.03. The maximum Gasteiger partial charge on any atom is 0.129 e. The molecule has 6 nitrogen and oxygen atoms in total. The third-order valence-corrected chi connectivity index (χ3v) is 3.50. The lowest BCUT2D eigenvalue weighted by Gasteiger charge is -2.04. The van der Waals surface area contributed by atoms with Gasteiger partial charge in [0.05, 0.1) is 23.9 Å². The molecule has 23 heavy (non-hydrogen) atoms. The van der Waals surface area contributed by atoms with Crippen molar-refractivity contribution in [2.24, 2.45) is 10.7 Å². The molecule has 0 bridgehead atoms. The number of hydrogen-bond acceptors (Lipinski definition) is 5. The van der Waals surface area contributed by atoms with Crippen molar-refractivity contribution >= 4 is 34.4 Å². The van der Waals surface area contributed by atoms with E-state index in [4.69, 9.17) is 17.3 Å². The predicted octanol–water partition coefficient (Wildman–Crippen LogP) is 2.55. The van der Waals surface area contributed by atoms with Crippen LogP contribution in [0.4, 0.5) is 0 Å². The number of fused-ring (bicyclic) bond motifs is 1. The molecule has 0 aliphatic rings. The first-order valence-corrected chi connectivity index (χ1v) is 7.44. The predicted molar refractivity (Wildman–Crippen MR) is 92.3 cm³/mol. The Balaban J connectivity index is 1.75. The van der Waals surface area contributed by atoms with Crippen LogP contribution in [0.3, 0.4) is 0 Å². The van der Waals surface area contributed by atoms with E-state index in [1.54, 1.807) is 31.0 Å². The van der Waals surface area contributed by atoms with Crippen molar-refractivity contribution in [1.82, 2.24) is 19.5 Å². The van der Waals surface area contributed by atoms with Gasteiger partial charge in [-0.2, -0.15) is 0 Å². The van der Waals surface area contributed by atoms with Gasteiger partial charge in [-0.25, -0.2) is 9.97 Å². The number of nitrogens with zero attached hydrogens (tertiary/aromatic N) is 5. The van der Waals surface area contributed by atoms with Gasteiger partial charge in [-0.3, -0.25) is 9.98 Å².